The molecule has 1 aliphatic heterocycles. The first-order valence-corrected chi connectivity index (χ1v) is 5.50. The van der Waals surface area contributed by atoms with Gasteiger partial charge in [0.2, 0.25) is 0 Å². The third-order valence-electron chi connectivity index (χ3n) is 3.20. The van der Waals surface area contributed by atoms with E-state index in [0.717, 1.165) is 10.5 Å². The molecule has 1 heterocycles. The Morgan fingerprint density at radius 2 is 1.78 bits per heavy atom. The minimum Gasteiger partial charge on any atom is -0.508 e. The largest absolute Gasteiger partial charge is 0.508 e. The molecule has 1 unspecified atom stereocenters. The first-order chi connectivity index (χ1) is 8.49. The Morgan fingerprint density at radius 3 is 2.22 bits per heavy atom. The topological polar surface area (TPSA) is 98.1 Å². The molecule has 1 aromatic carbocycles. The fourth-order valence-corrected chi connectivity index (χ4v) is 2.27. The molecule has 0 spiro atoms. The summed E-state index contributed by atoms with van der Waals surface area (Å²) in [4.78, 5) is 22.9. The summed E-state index contributed by atoms with van der Waals surface area (Å²) in [5, 5.41) is 27.1. The van der Waals surface area contributed by atoms with Crippen LogP contribution in [0, 0.1) is 0 Å². The molecule has 1 fully saturated rings. The van der Waals surface area contributed by atoms with Crippen molar-refractivity contribution < 1.29 is 24.9 Å². The zero-order valence-electron chi connectivity index (χ0n) is 9.48. The summed E-state index contributed by atoms with van der Waals surface area (Å²) in [5.74, 6) is -1.15. The van der Waals surface area contributed by atoms with Crippen LogP contribution in [0.4, 0.5) is 4.79 Å². The van der Waals surface area contributed by atoms with Gasteiger partial charge in [0.1, 0.15) is 11.8 Å². The first-order valence-electron chi connectivity index (χ1n) is 5.50. The lowest BCUT2D eigenvalue weighted by Crippen LogP contribution is -2.39. The monoisotopic (exact) mass is 251 g/mol. The molecule has 1 amide bonds. The van der Waals surface area contributed by atoms with Gasteiger partial charge in [-0.05, 0) is 24.1 Å². The predicted octanol–water partition coefficient (Wildman–Crippen LogP) is 1.31. The number of carbonyl (C=O) groups is 2. The Balaban J connectivity index is 2.20. The number of aliphatic carboxylic acids is 1. The third-order valence-corrected chi connectivity index (χ3v) is 3.20. The molecule has 0 aromatic heterocycles. The summed E-state index contributed by atoms with van der Waals surface area (Å²) in [6.45, 7) is 0.164. The maximum absolute atomic E-state index is 11.0. The summed E-state index contributed by atoms with van der Waals surface area (Å²) in [5.41, 5.74) is 0.836. The lowest BCUT2D eigenvalue weighted by atomic mass is 9.96. The molecule has 18 heavy (non-hydrogen) atoms. The van der Waals surface area contributed by atoms with Gasteiger partial charge in [-0.3, -0.25) is 4.90 Å². The van der Waals surface area contributed by atoms with Crippen molar-refractivity contribution >= 4 is 12.1 Å². The number of phenolic OH excluding ortho intramolecular Hbond substituents is 1. The molecule has 1 aliphatic rings. The van der Waals surface area contributed by atoms with Crippen LogP contribution in [0.1, 0.15) is 17.9 Å². The molecule has 6 heteroatoms. The van der Waals surface area contributed by atoms with Crippen molar-refractivity contribution in [2.24, 2.45) is 0 Å². The number of hydrogen-bond acceptors (Lipinski definition) is 3. The van der Waals surface area contributed by atoms with Crippen LogP contribution in [-0.4, -0.2) is 44.9 Å². The van der Waals surface area contributed by atoms with Crippen molar-refractivity contribution in [3.05, 3.63) is 29.8 Å². The molecule has 1 aromatic rings. The smallest absolute Gasteiger partial charge is 0.408 e. The number of aromatic hydroxyl groups is 1. The van der Waals surface area contributed by atoms with Gasteiger partial charge in [-0.2, -0.15) is 0 Å². The van der Waals surface area contributed by atoms with Crippen molar-refractivity contribution in [1.29, 1.82) is 0 Å². The zero-order valence-corrected chi connectivity index (χ0v) is 9.48. The molecule has 0 radical (unpaired) electrons. The van der Waals surface area contributed by atoms with E-state index in [1.54, 1.807) is 12.1 Å². The summed E-state index contributed by atoms with van der Waals surface area (Å²) in [7, 11) is 0. The van der Waals surface area contributed by atoms with E-state index >= 15 is 0 Å². The van der Waals surface area contributed by atoms with E-state index in [0.29, 0.717) is 0 Å². The lowest BCUT2D eigenvalue weighted by molar-refractivity contribution is -0.141. The van der Waals surface area contributed by atoms with Crippen LogP contribution in [0.3, 0.4) is 0 Å². The zero-order chi connectivity index (χ0) is 13.3. The van der Waals surface area contributed by atoms with Gasteiger partial charge in [0.25, 0.3) is 0 Å². The molecular formula is C12H13NO5. The van der Waals surface area contributed by atoms with Crippen LogP contribution >= 0.6 is 0 Å². The van der Waals surface area contributed by atoms with Gasteiger partial charge in [0, 0.05) is 12.5 Å². The van der Waals surface area contributed by atoms with Gasteiger partial charge in [-0.15, -0.1) is 0 Å². The fraction of sp³-hybridized carbons (Fsp3) is 0.333. The number of benzene rings is 1. The highest BCUT2D eigenvalue weighted by Gasteiger charge is 2.40. The van der Waals surface area contributed by atoms with Crippen molar-refractivity contribution in [2.75, 3.05) is 6.54 Å². The van der Waals surface area contributed by atoms with Crippen LogP contribution in [0.15, 0.2) is 24.3 Å². The number of hydrogen-bond donors (Lipinski definition) is 3. The van der Waals surface area contributed by atoms with Crippen LogP contribution in [0.5, 0.6) is 5.75 Å². The van der Waals surface area contributed by atoms with Crippen molar-refractivity contribution in [3.63, 3.8) is 0 Å². The van der Waals surface area contributed by atoms with Gasteiger partial charge < -0.3 is 15.3 Å². The van der Waals surface area contributed by atoms with Gasteiger partial charge in [-0.25, -0.2) is 9.59 Å². The minimum atomic E-state index is -1.22. The molecule has 6 nitrogen and oxygen atoms in total. The van der Waals surface area contributed by atoms with Gasteiger partial charge in [-0.1, -0.05) is 12.1 Å². The average Bonchev–Trinajstić information content (AvgIpc) is 2.75. The number of nitrogens with zero attached hydrogens (tertiary/aromatic N) is 1. The van der Waals surface area contributed by atoms with E-state index in [1.165, 1.54) is 12.1 Å². The quantitative estimate of drug-likeness (QED) is 0.736. The van der Waals surface area contributed by atoms with Crippen LogP contribution in [-0.2, 0) is 4.79 Å². The molecule has 2 atom stereocenters. The number of carboxylic acids is 1. The summed E-state index contributed by atoms with van der Waals surface area (Å²) < 4.78 is 0. The highest BCUT2D eigenvalue weighted by molar-refractivity contribution is 5.80. The standard InChI is InChI=1S/C12H13NO5/c14-9-3-1-7(2-4-9)8-5-10(11(15)16)13(6-8)12(17)18/h1-4,8,10,14H,5-6H2,(H,15,16)(H,17,18)/t8?,10-/m0/s1. The fourth-order valence-electron chi connectivity index (χ4n) is 2.27. The normalized spacial score (nSPS) is 23.0. The molecule has 1 saturated heterocycles. The highest BCUT2D eigenvalue weighted by Crippen LogP contribution is 2.32. The maximum atomic E-state index is 11.0. The molecule has 0 aliphatic carbocycles. The van der Waals surface area contributed by atoms with Gasteiger partial charge in [0.15, 0.2) is 0 Å². The Bertz CT molecular complexity index is 448. The van der Waals surface area contributed by atoms with Gasteiger partial charge in [0.05, 0.1) is 0 Å². The first kappa shape index (κ1) is 12.2. The van der Waals surface area contributed by atoms with E-state index in [-0.39, 0.29) is 24.6 Å². The van der Waals surface area contributed by atoms with E-state index in [4.69, 9.17) is 10.2 Å². The average molecular weight is 251 g/mol. The Labute approximate surface area is 103 Å². The Hall–Kier alpha value is -2.24. The Morgan fingerprint density at radius 1 is 1.17 bits per heavy atom. The van der Waals surface area contributed by atoms with Gasteiger partial charge >= 0.3 is 12.1 Å². The number of carboxylic acid groups (broad SMARTS) is 2. The molecule has 96 valence electrons. The second kappa shape index (κ2) is 4.56. The van der Waals surface area contributed by atoms with Crippen LogP contribution in [0.25, 0.3) is 0 Å². The Kier molecular flexibility index (Phi) is 3.10. The van der Waals surface area contributed by atoms with E-state index in [9.17, 15) is 14.7 Å². The molecule has 0 bridgehead atoms. The minimum absolute atomic E-state index is 0.127. The van der Waals surface area contributed by atoms with E-state index in [2.05, 4.69) is 0 Å². The van der Waals surface area contributed by atoms with Crippen molar-refractivity contribution in [1.82, 2.24) is 4.90 Å². The van der Waals surface area contributed by atoms with Crippen molar-refractivity contribution in [3.8, 4) is 5.75 Å². The second-order valence-electron chi connectivity index (χ2n) is 4.31. The third kappa shape index (κ3) is 2.22. The van der Waals surface area contributed by atoms with Crippen LogP contribution < -0.4 is 0 Å². The summed E-state index contributed by atoms with van der Waals surface area (Å²) >= 11 is 0. The molecule has 0 saturated carbocycles. The molecule has 2 rings (SSSR count). The van der Waals surface area contributed by atoms with Crippen LogP contribution in [0.2, 0.25) is 0 Å². The summed E-state index contributed by atoms with van der Waals surface area (Å²) in [6.07, 6.45) is -0.962. The molecular weight excluding hydrogens is 238 g/mol. The maximum Gasteiger partial charge on any atom is 0.408 e. The van der Waals surface area contributed by atoms with Crippen molar-refractivity contribution in [2.45, 2.75) is 18.4 Å². The molecule has 3 N–H and O–H groups in total. The number of likely N-dealkylation sites (tertiary alicyclic amines) is 1. The predicted molar refractivity (Wildman–Crippen MR) is 61.6 cm³/mol. The second-order valence-corrected chi connectivity index (χ2v) is 4.31. The lowest BCUT2D eigenvalue weighted by Gasteiger charge is -2.16. The van der Waals surface area contributed by atoms with E-state index < -0.39 is 18.1 Å². The summed E-state index contributed by atoms with van der Waals surface area (Å²) in [6, 6.07) is 5.39. The number of amides is 1. The van der Waals surface area contributed by atoms with E-state index in [1.807, 2.05) is 0 Å². The SMILES string of the molecule is O=C(O)[C@@H]1CC(c2ccc(O)cc2)CN1C(=O)O. The number of phenols is 1. The number of rotatable bonds is 2. The highest BCUT2D eigenvalue weighted by atomic mass is 16.4.